The summed E-state index contributed by atoms with van der Waals surface area (Å²) in [6.45, 7) is 7.14. The first-order valence-electron chi connectivity index (χ1n) is 12.4. The van der Waals surface area contributed by atoms with Gasteiger partial charge in [0.1, 0.15) is 12.4 Å². The molecule has 3 aromatic rings. The van der Waals surface area contributed by atoms with Crippen molar-refractivity contribution in [1.82, 2.24) is 19.8 Å². The summed E-state index contributed by atoms with van der Waals surface area (Å²) < 4.78 is 12.9. The van der Waals surface area contributed by atoms with Crippen LogP contribution in [0.25, 0.3) is 10.9 Å². The van der Waals surface area contributed by atoms with E-state index in [1.807, 2.05) is 36.1 Å². The molecule has 2 aliphatic heterocycles. The fraction of sp³-hybridized carbons (Fsp3) is 0.444. The predicted octanol–water partition coefficient (Wildman–Crippen LogP) is 3.68. The third-order valence-electron chi connectivity index (χ3n) is 7.74. The largest absolute Gasteiger partial charge is 0.496 e. The number of aromatic amines is 1. The van der Waals surface area contributed by atoms with Gasteiger partial charge in [-0.15, -0.1) is 0 Å². The highest BCUT2D eigenvalue weighted by molar-refractivity contribution is 6.08. The quantitative estimate of drug-likeness (QED) is 0.546. The number of methoxy groups -OCH3 is 1. The molecule has 2 N–H and O–H groups in total. The van der Waals surface area contributed by atoms with E-state index >= 15 is 0 Å². The Labute approximate surface area is 209 Å². The first kappa shape index (κ1) is 24.0. The van der Waals surface area contributed by atoms with Crippen molar-refractivity contribution in [3.63, 3.8) is 0 Å². The third kappa shape index (κ3) is 4.02. The average Bonchev–Trinajstić information content (AvgIpc) is 3.38. The summed E-state index contributed by atoms with van der Waals surface area (Å²) in [5.41, 5.74) is 3.29. The number of carbonyl (C=O) groups excluding carboxylic acids is 2. The molecule has 2 unspecified atom stereocenters. The van der Waals surface area contributed by atoms with Crippen LogP contribution in [0.2, 0.25) is 0 Å². The van der Waals surface area contributed by atoms with Crippen molar-refractivity contribution in [2.45, 2.75) is 52.2 Å². The number of nitrogens with one attached hydrogen (secondary N) is 2. The summed E-state index contributed by atoms with van der Waals surface area (Å²) in [4.78, 5) is 42.5. The van der Waals surface area contributed by atoms with Crippen LogP contribution in [0.15, 0.2) is 35.1 Å². The standard InChI is InChI=1S/C27H32N4O5/c1-15-11-23(35-4)21(25(32)29-15)13-28-26(33)24-17(3)31(22-8-6-5-7-20(22)24)16(2)18-9-10-30-19(12-18)14-36-27(30)34/h5-8,11,16,18-19H,9-10,12-14H2,1-4H3,(H,28,33)(H,29,32)/t16-,18?,19?/m1/s1. The molecule has 1 aromatic carbocycles. The molecule has 9 nitrogen and oxygen atoms in total. The highest BCUT2D eigenvalue weighted by atomic mass is 16.6. The zero-order valence-electron chi connectivity index (χ0n) is 21.1. The number of ether oxygens (including phenoxy) is 2. The zero-order chi connectivity index (χ0) is 25.6. The Bertz CT molecular complexity index is 1390. The van der Waals surface area contributed by atoms with E-state index in [1.165, 1.54) is 7.11 Å². The summed E-state index contributed by atoms with van der Waals surface area (Å²) in [5.74, 6) is 0.563. The van der Waals surface area contributed by atoms with E-state index in [1.54, 1.807) is 13.0 Å². The van der Waals surface area contributed by atoms with Gasteiger partial charge in [-0.05, 0) is 51.7 Å². The number of piperidine rings is 1. The highest BCUT2D eigenvalue weighted by Gasteiger charge is 2.40. The first-order valence-corrected chi connectivity index (χ1v) is 12.4. The molecule has 2 fully saturated rings. The van der Waals surface area contributed by atoms with Crippen molar-refractivity contribution in [2.75, 3.05) is 20.3 Å². The fourth-order valence-electron chi connectivity index (χ4n) is 5.88. The number of aromatic nitrogens is 2. The molecule has 190 valence electrons. The Morgan fingerprint density at radius 1 is 1.28 bits per heavy atom. The number of rotatable bonds is 6. The Balaban J connectivity index is 1.44. The van der Waals surface area contributed by atoms with Crippen LogP contribution in [-0.2, 0) is 11.3 Å². The SMILES string of the molecule is COc1cc(C)[nH]c(=O)c1CNC(=O)c1c(C)n([C@H](C)C2CCN3C(=O)OCC3C2)c2ccccc12. The number of pyridine rings is 1. The summed E-state index contributed by atoms with van der Waals surface area (Å²) in [7, 11) is 1.51. The molecule has 0 aliphatic carbocycles. The van der Waals surface area contributed by atoms with Gasteiger partial charge in [-0.2, -0.15) is 0 Å². The number of cyclic esters (lactones) is 1. The smallest absolute Gasteiger partial charge is 0.410 e. The van der Waals surface area contributed by atoms with Crippen LogP contribution < -0.4 is 15.6 Å². The minimum Gasteiger partial charge on any atom is -0.496 e. The molecule has 0 bridgehead atoms. The van der Waals surface area contributed by atoms with Gasteiger partial charge < -0.3 is 29.2 Å². The van der Waals surface area contributed by atoms with Crippen LogP contribution >= 0.6 is 0 Å². The summed E-state index contributed by atoms with van der Waals surface area (Å²) >= 11 is 0. The Kier molecular flexibility index (Phi) is 6.24. The van der Waals surface area contributed by atoms with Crippen molar-refractivity contribution in [3.8, 4) is 5.75 Å². The number of para-hydroxylation sites is 1. The summed E-state index contributed by atoms with van der Waals surface area (Å²) in [6.07, 6.45) is 1.55. The summed E-state index contributed by atoms with van der Waals surface area (Å²) in [5, 5.41) is 3.81. The average molecular weight is 493 g/mol. The van der Waals surface area contributed by atoms with Gasteiger partial charge in [0, 0.05) is 34.9 Å². The lowest BCUT2D eigenvalue weighted by Crippen LogP contribution is -2.42. The molecule has 2 saturated heterocycles. The van der Waals surface area contributed by atoms with E-state index < -0.39 is 0 Å². The van der Waals surface area contributed by atoms with Crippen LogP contribution in [0.1, 0.15) is 53.1 Å². The molecule has 4 heterocycles. The molecule has 5 rings (SSSR count). The van der Waals surface area contributed by atoms with Gasteiger partial charge in [0.15, 0.2) is 0 Å². The molecule has 0 radical (unpaired) electrons. The number of nitrogens with zero attached hydrogens (tertiary/aromatic N) is 2. The molecule has 0 saturated carbocycles. The second kappa shape index (κ2) is 9.37. The minimum atomic E-state index is -0.277. The van der Waals surface area contributed by atoms with E-state index in [0.29, 0.717) is 41.6 Å². The minimum absolute atomic E-state index is 0.0558. The molecule has 0 spiro atoms. The molecule has 36 heavy (non-hydrogen) atoms. The number of hydrogen-bond acceptors (Lipinski definition) is 5. The lowest BCUT2D eigenvalue weighted by molar-refractivity contribution is 0.0950. The molecular formula is C27H32N4O5. The predicted molar refractivity (Wildman–Crippen MR) is 135 cm³/mol. The molecule has 2 aliphatic rings. The second-order valence-electron chi connectivity index (χ2n) is 9.81. The van der Waals surface area contributed by atoms with Crippen LogP contribution in [0.4, 0.5) is 4.79 Å². The lowest BCUT2D eigenvalue weighted by atomic mass is 9.86. The van der Waals surface area contributed by atoms with Crippen LogP contribution in [-0.4, -0.2) is 52.8 Å². The van der Waals surface area contributed by atoms with Gasteiger partial charge >= 0.3 is 6.09 Å². The van der Waals surface area contributed by atoms with Crippen molar-refractivity contribution >= 4 is 22.9 Å². The van der Waals surface area contributed by atoms with E-state index in [9.17, 15) is 14.4 Å². The molecule has 3 atom stereocenters. The number of benzene rings is 1. The van der Waals surface area contributed by atoms with Crippen LogP contribution in [0.3, 0.4) is 0 Å². The Morgan fingerprint density at radius 3 is 2.83 bits per heavy atom. The second-order valence-corrected chi connectivity index (χ2v) is 9.81. The van der Waals surface area contributed by atoms with Crippen LogP contribution in [0, 0.1) is 19.8 Å². The molecular weight excluding hydrogens is 460 g/mol. The topological polar surface area (TPSA) is 106 Å². The third-order valence-corrected chi connectivity index (χ3v) is 7.74. The van der Waals surface area contributed by atoms with E-state index in [2.05, 4.69) is 21.8 Å². The number of carbonyl (C=O) groups is 2. The summed E-state index contributed by atoms with van der Waals surface area (Å²) in [6, 6.07) is 9.92. The lowest BCUT2D eigenvalue weighted by Gasteiger charge is -2.36. The van der Waals surface area contributed by atoms with Crippen molar-refractivity contribution in [2.24, 2.45) is 5.92 Å². The van der Waals surface area contributed by atoms with Crippen molar-refractivity contribution < 1.29 is 19.1 Å². The van der Waals surface area contributed by atoms with E-state index in [4.69, 9.17) is 9.47 Å². The Morgan fingerprint density at radius 2 is 2.06 bits per heavy atom. The number of fused-ring (bicyclic) bond motifs is 2. The normalized spacial score (nSPS) is 20.2. The molecule has 9 heteroatoms. The first-order chi connectivity index (χ1) is 17.3. The number of aryl methyl sites for hydroxylation is 1. The van der Waals surface area contributed by atoms with Gasteiger partial charge in [0.05, 0.1) is 30.8 Å². The van der Waals surface area contributed by atoms with Gasteiger partial charge in [0.2, 0.25) is 0 Å². The van der Waals surface area contributed by atoms with Crippen LogP contribution in [0.5, 0.6) is 5.75 Å². The molecule has 2 amide bonds. The highest BCUT2D eigenvalue weighted by Crippen LogP contribution is 2.38. The van der Waals surface area contributed by atoms with Crippen molar-refractivity contribution in [3.05, 3.63) is 63.2 Å². The Hall–Kier alpha value is -3.75. The maximum atomic E-state index is 13.5. The van der Waals surface area contributed by atoms with Gasteiger partial charge in [-0.3, -0.25) is 9.59 Å². The number of amides is 2. The maximum absolute atomic E-state index is 13.5. The number of hydrogen-bond donors (Lipinski definition) is 2. The molecule has 2 aromatic heterocycles. The zero-order valence-corrected chi connectivity index (χ0v) is 21.1. The van der Waals surface area contributed by atoms with Gasteiger partial charge in [0.25, 0.3) is 11.5 Å². The van der Waals surface area contributed by atoms with E-state index in [0.717, 1.165) is 29.4 Å². The van der Waals surface area contributed by atoms with Crippen molar-refractivity contribution in [1.29, 1.82) is 0 Å². The maximum Gasteiger partial charge on any atom is 0.410 e. The van der Waals surface area contributed by atoms with Gasteiger partial charge in [-0.25, -0.2) is 4.79 Å². The van der Waals surface area contributed by atoms with Gasteiger partial charge in [-0.1, -0.05) is 18.2 Å². The van der Waals surface area contributed by atoms with E-state index in [-0.39, 0.29) is 36.2 Å². The monoisotopic (exact) mass is 492 g/mol. The fourth-order valence-corrected chi connectivity index (χ4v) is 5.88. The number of H-pyrrole nitrogens is 1.